The summed E-state index contributed by atoms with van der Waals surface area (Å²) < 4.78 is 5.76. The van der Waals surface area contributed by atoms with Crippen LogP contribution in [0.15, 0.2) is 66.7 Å². The number of unbranched alkanes of at least 4 members (excludes halogenated alkanes) is 2. The van der Waals surface area contributed by atoms with E-state index in [1.807, 2.05) is 49.4 Å². The first kappa shape index (κ1) is 31.0. The molecule has 4 heteroatoms. The van der Waals surface area contributed by atoms with Crippen molar-refractivity contribution >= 4 is 17.6 Å². The van der Waals surface area contributed by atoms with Gasteiger partial charge in [0.15, 0.2) is 0 Å². The van der Waals surface area contributed by atoms with Crippen molar-refractivity contribution < 1.29 is 14.3 Å². The van der Waals surface area contributed by atoms with Crippen LogP contribution < -0.4 is 10.1 Å². The molecule has 43 heavy (non-hydrogen) atoms. The molecule has 0 aliphatic heterocycles. The zero-order valence-electron chi connectivity index (χ0n) is 26.4. The predicted molar refractivity (Wildman–Crippen MR) is 176 cm³/mol. The number of carbonyl (C=O) groups is 2. The Kier molecular flexibility index (Phi) is 10.7. The molecule has 0 unspecified atom stereocenters. The number of aryl methyl sites for hydroxylation is 2. The fourth-order valence-corrected chi connectivity index (χ4v) is 6.98. The van der Waals surface area contributed by atoms with E-state index in [1.165, 1.54) is 68.1 Å². The predicted octanol–water partition coefficient (Wildman–Crippen LogP) is 10.2. The first-order chi connectivity index (χ1) is 20.9. The van der Waals surface area contributed by atoms with Crippen LogP contribution in [0, 0.1) is 31.6 Å². The number of benzene rings is 3. The number of hydrogen-bond donors (Lipinski definition) is 1. The smallest absolute Gasteiger partial charge is 0.314 e. The van der Waals surface area contributed by atoms with Gasteiger partial charge in [-0.15, -0.1) is 0 Å². The number of ether oxygens (including phenoxy) is 1. The molecule has 0 heterocycles. The Morgan fingerprint density at radius 1 is 0.721 bits per heavy atom. The molecular weight excluding hydrogens is 530 g/mol. The lowest BCUT2D eigenvalue weighted by atomic mass is 9.77. The van der Waals surface area contributed by atoms with Gasteiger partial charge in [-0.3, -0.25) is 9.59 Å². The zero-order valence-corrected chi connectivity index (χ0v) is 26.4. The largest absolute Gasteiger partial charge is 0.426 e. The third kappa shape index (κ3) is 8.37. The molecule has 0 saturated heterocycles. The van der Waals surface area contributed by atoms with Crippen LogP contribution in [0.2, 0.25) is 0 Å². The second-order valence-corrected chi connectivity index (χ2v) is 13.1. The molecule has 2 fully saturated rings. The Hall–Kier alpha value is -3.40. The quantitative estimate of drug-likeness (QED) is 0.148. The number of rotatable bonds is 10. The Labute approximate surface area is 258 Å². The van der Waals surface area contributed by atoms with Gasteiger partial charge >= 0.3 is 5.97 Å². The third-order valence-corrected chi connectivity index (χ3v) is 10.1. The maximum absolute atomic E-state index is 12.9. The van der Waals surface area contributed by atoms with Crippen molar-refractivity contribution in [2.45, 2.75) is 104 Å². The molecule has 5 rings (SSSR count). The molecule has 0 aromatic heterocycles. The van der Waals surface area contributed by atoms with Crippen LogP contribution in [0.5, 0.6) is 5.75 Å². The highest BCUT2D eigenvalue weighted by atomic mass is 16.5. The van der Waals surface area contributed by atoms with Crippen LogP contribution in [0.1, 0.15) is 107 Å². The molecule has 0 bridgehead atoms. The second-order valence-electron chi connectivity index (χ2n) is 13.1. The van der Waals surface area contributed by atoms with Crippen molar-refractivity contribution in [1.29, 1.82) is 0 Å². The van der Waals surface area contributed by atoms with Crippen molar-refractivity contribution in [1.82, 2.24) is 0 Å². The van der Waals surface area contributed by atoms with E-state index in [4.69, 9.17) is 4.74 Å². The highest BCUT2D eigenvalue weighted by Gasteiger charge is 2.31. The van der Waals surface area contributed by atoms with Gasteiger partial charge in [-0.1, -0.05) is 75.1 Å². The number of amides is 1. The molecule has 3 aromatic carbocycles. The molecule has 1 N–H and O–H groups in total. The van der Waals surface area contributed by atoms with E-state index in [2.05, 4.69) is 43.4 Å². The average Bonchev–Trinajstić information content (AvgIpc) is 3.04. The van der Waals surface area contributed by atoms with Gasteiger partial charge in [0.1, 0.15) is 5.75 Å². The lowest BCUT2D eigenvalue weighted by Crippen LogP contribution is -2.31. The Balaban J connectivity index is 1.06. The normalized spacial score (nSPS) is 22.1. The van der Waals surface area contributed by atoms with Crippen LogP contribution in [0.25, 0.3) is 11.1 Å². The summed E-state index contributed by atoms with van der Waals surface area (Å²) in [6, 6.07) is 22.9. The second kappa shape index (κ2) is 14.9. The summed E-state index contributed by atoms with van der Waals surface area (Å²) in [5.41, 5.74) is 6.99. The molecule has 3 aromatic rings. The van der Waals surface area contributed by atoms with Crippen molar-refractivity contribution in [3.8, 4) is 16.9 Å². The van der Waals surface area contributed by atoms with Crippen LogP contribution >= 0.6 is 0 Å². The number of carbonyl (C=O) groups excluding carboxylic acids is 2. The van der Waals surface area contributed by atoms with Crippen molar-refractivity contribution in [2.75, 3.05) is 5.32 Å². The van der Waals surface area contributed by atoms with Crippen LogP contribution in [0.3, 0.4) is 0 Å². The van der Waals surface area contributed by atoms with Gasteiger partial charge in [-0.2, -0.15) is 0 Å². The molecule has 0 atom stereocenters. The Morgan fingerprint density at radius 3 is 1.98 bits per heavy atom. The van der Waals surface area contributed by atoms with Crippen LogP contribution in [-0.2, 0) is 9.59 Å². The van der Waals surface area contributed by atoms with Gasteiger partial charge in [0, 0.05) is 11.6 Å². The number of esters is 1. The number of anilines is 1. The highest BCUT2D eigenvalue weighted by molar-refractivity contribution is 5.92. The minimum atomic E-state index is -0.190. The fraction of sp³-hybridized carbons (Fsp3) is 0.487. The molecule has 0 spiro atoms. The summed E-state index contributed by atoms with van der Waals surface area (Å²) in [4.78, 5) is 25.7. The molecule has 1 amide bonds. The monoisotopic (exact) mass is 579 g/mol. The molecule has 228 valence electrons. The molecule has 2 saturated carbocycles. The first-order valence-electron chi connectivity index (χ1n) is 16.7. The SMILES string of the molecule is CCCCCC1CCC(c2ccc(-c3ccc(OC(=O)C4CCC(C(=O)Nc5ccc(C)c(C)c5)CC4)cc3)cc2)CC1. The summed E-state index contributed by atoms with van der Waals surface area (Å²) in [6.45, 7) is 6.40. The third-order valence-electron chi connectivity index (χ3n) is 10.1. The fourth-order valence-electron chi connectivity index (χ4n) is 6.98. The topological polar surface area (TPSA) is 55.4 Å². The zero-order chi connectivity index (χ0) is 30.2. The van der Waals surface area contributed by atoms with Gasteiger partial charge in [-0.05, 0) is 129 Å². The van der Waals surface area contributed by atoms with E-state index < -0.39 is 0 Å². The van der Waals surface area contributed by atoms with E-state index in [1.54, 1.807) is 0 Å². The summed E-state index contributed by atoms with van der Waals surface area (Å²) in [5.74, 6) is 1.83. The first-order valence-corrected chi connectivity index (χ1v) is 16.7. The minimum Gasteiger partial charge on any atom is -0.426 e. The van der Waals surface area contributed by atoms with E-state index in [9.17, 15) is 9.59 Å². The molecule has 0 radical (unpaired) electrons. The summed E-state index contributed by atoms with van der Waals surface area (Å²) in [6.07, 6.45) is 13.6. The lowest BCUT2D eigenvalue weighted by Gasteiger charge is -2.29. The minimum absolute atomic E-state index is 0.0453. The van der Waals surface area contributed by atoms with Crippen LogP contribution in [0.4, 0.5) is 5.69 Å². The molecule has 2 aliphatic rings. The maximum atomic E-state index is 12.9. The highest BCUT2D eigenvalue weighted by Crippen LogP contribution is 2.38. The maximum Gasteiger partial charge on any atom is 0.314 e. The standard InChI is InChI=1S/C39H49NO3/c1-4-5-6-7-29-9-11-30(12-10-29)31-13-15-32(16-14-31)33-21-24-37(25-22-33)43-39(42)35-19-17-34(18-20-35)38(41)40-36-23-8-27(2)28(3)26-36/h8,13-16,21-26,29-30,34-35H,4-7,9-12,17-20H2,1-3H3,(H,40,41). The Bertz CT molecular complexity index is 1340. The number of hydrogen-bond acceptors (Lipinski definition) is 3. The van der Waals surface area contributed by atoms with E-state index >= 15 is 0 Å². The Morgan fingerprint density at radius 2 is 1.35 bits per heavy atom. The lowest BCUT2D eigenvalue weighted by molar-refractivity contribution is -0.141. The van der Waals surface area contributed by atoms with Gasteiger partial charge in [0.05, 0.1) is 5.92 Å². The average molecular weight is 580 g/mol. The summed E-state index contributed by atoms with van der Waals surface area (Å²) in [7, 11) is 0. The summed E-state index contributed by atoms with van der Waals surface area (Å²) >= 11 is 0. The van der Waals surface area contributed by atoms with Crippen LogP contribution in [-0.4, -0.2) is 11.9 Å². The van der Waals surface area contributed by atoms with Crippen molar-refractivity contribution in [3.05, 3.63) is 83.4 Å². The van der Waals surface area contributed by atoms with Gasteiger partial charge < -0.3 is 10.1 Å². The number of nitrogens with one attached hydrogen (secondary N) is 1. The van der Waals surface area contributed by atoms with Gasteiger partial charge in [0.2, 0.25) is 5.91 Å². The van der Waals surface area contributed by atoms with Crippen molar-refractivity contribution in [3.63, 3.8) is 0 Å². The van der Waals surface area contributed by atoms with Gasteiger partial charge in [-0.25, -0.2) is 0 Å². The van der Waals surface area contributed by atoms with E-state index in [-0.39, 0.29) is 23.7 Å². The summed E-state index contributed by atoms with van der Waals surface area (Å²) in [5, 5.41) is 3.06. The van der Waals surface area contributed by atoms with Gasteiger partial charge in [0.25, 0.3) is 0 Å². The van der Waals surface area contributed by atoms with E-state index in [0.29, 0.717) is 37.4 Å². The molecular formula is C39H49NO3. The molecule has 2 aliphatic carbocycles. The van der Waals surface area contributed by atoms with Crippen molar-refractivity contribution in [2.24, 2.45) is 17.8 Å². The van der Waals surface area contributed by atoms with E-state index in [0.717, 1.165) is 22.7 Å². The molecule has 4 nitrogen and oxygen atoms in total.